The van der Waals surface area contributed by atoms with Crippen LogP contribution in [-0.4, -0.2) is 10.6 Å². The van der Waals surface area contributed by atoms with Gasteiger partial charge in [0.25, 0.3) is 0 Å². The van der Waals surface area contributed by atoms with Crippen LogP contribution in [0.3, 0.4) is 0 Å². The number of hydrogen-bond donors (Lipinski definition) is 0. The molecule has 2 atom stereocenters. The number of rotatable bonds is 3. The van der Waals surface area contributed by atoms with Gasteiger partial charge in [0.05, 0.1) is 29.0 Å². The van der Waals surface area contributed by atoms with Gasteiger partial charge in [-0.25, -0.2) is 0 Å². The Morgan fingerprint density at radius 2 is 1.62 bits per heavy atom. The molecule has 0 amide bonds. The third-order valence-electron chi connectivity index (χ3n) is 9.24. The number of nitriles is 1. The van der Waals surface area contributed by atoms with Gasteiger partial charge in [0.2, 0.25) is 0 Å². The van der Waals surface area contributed by atoms with E-state index in [1.807, 2.05) is 18.2 Å². The number of allylic oxidation sites excluding steroid dienone is 7. The van der Waals surface area contributed by atoms with Crippen molar-refractivity contribution in [3.63, 3.8) is 0 Å². The van der Waals surface area contributed by atoms with Crippen molar-refractivity contribution in [3.05, 3.63) is 130 Å². The van der Waals surface area contributed by atoms with E-state index in [4.69, 9.17) is 0 Å². The molecule has 0 N–H and O–H groups in total. The second-order valence-corrected chi connectivity index (χ2v) is 11.3. The van der Waals surface area contributed by atoms with Crippen LogP contribution >= 0.6 is 0 Å². The summed E-state index contributed by atoms with van der Waals surface area (Å²) < 4.78 is 2.35. The fraction of sp³-hybridized carbons (Fsp3) is 0.216. The summed E-state index contributed by atoms with van der Waals surface area (Å²) in [6.45, 7) is 0. The van der Waals surface area contributed by atoms with E-state index in [-0.39, 0.29) is 6.04 Å². The minimum Gasteiger partial charge on any atom is -0.356 e. The highest BCUT2D eigenvalue weighted by Crippen LogP contribution is 2.52. The van der Waals surface area contributed by atoms with E-state index < -0.39 is 0 Å². The van der Waals surface area contributed by atoms with Crippen molar-refractivity contribution >= 4 is 29.0 Å². The highest BCUT2D eigenvalue weighted by atomic mass is 15.2. The van der Waals surface area contributed by atoms with Crippen molar-refractivity contribution < 1.29 is 0 Å². The van der Waals surface area contributed by atoms with E-state index >= 15 is 0 Å². The average Bonchev–Trinajstić information content (AvgIpc) is 3.54. The van der Waals surface area contributed by atoms with Crippen LogP contribution in [-0.2, 0) is 6.42 Å². The lowest BCUT2D eigenvalue weighted by Gasteiger charge is -2.38. The van der Waals surface area contributed by atoms with E-state index in [1.54, 1.807) is 0 Å². The number of para-hydroxylation sites is 1. The molecule has 1 unspecified atom stereocenters. The normalized spacial score (nSPS) is 21.7. The van der Waals surface area contributed by atoms with Crippen molar-refractivity contribution in [3.8, 4) is 11.8 Å². The third kappa shape index (κ3) is 3.42. The maximum atomic E-state index is 9.99. The minimum absolute atomic E-state index is 0.243. The van der Waals surface area contributed by atoms with Gasteiger partial charge in [0, 0.05) is 22.5 Å². The first-order valence-corrected chi connectivity index (χ1v) is 14.6. The predicted octanol–water partition coefficient (Wildman–Crippen LogP) is 8.73. The lowest BCUT2D eigenvalue weighted by molar-refractivity contribution is 0.584. The molecule has 3 nitrogen and oxygen atoms in total. The Labute approximate surface area is 236 Å². The zero-order valence-corrected chi connectivity index (χ0v) is 22.6. The van der Waals surface area contributed by atoms with Crippen LogP contribution < -0.4 is 4.90 Å². The van der Waals surface area contributed by atoms with Gasteiger partial charge in [-0.05, 0) is 91.1 Å². The monoisotopic (exact) mass is 517 g/mol. The van der Waals surface area contributed by atoms with Crippen molar-refractivity contribution in [1.29, 1.82) is 5.26 Å². The number of anilines is 1. The molecule has 1 aliphatic heterocycles. The smallest absolute Gasteiger partial charge is 0.101 e. The Morgan fingerprint density at radius 3 is 2.52 bits per heavy atom. The maximum Gasteiger partial charge on any atom is 0.101 e. The van der Waals surface area contributed by atoms with Gasteiger partial charge in [-0.3, -0.25) is 0 Å². The predicted molar refractivity (Wildman–Crippen MR) is 165 cm³/mol. The van der Waals surface area contributed by atoms with Gasteiger partial charge in [-0.15, -0.1) is 0 Å². The summed E-state index contributed by atoms with van der Waals surface area (Å²) in [6.07, 6.45) is 29.2. The first-order chi connectivity index (χ1) is 19.8. The lowest BCUT2D eigenvalue weighted by atomic mass is 9.88. The minimum atomic E-state index is 0.243. The molecule has 0 spiro atoms. The molecule has 2 aromatic carbocycles. The third-order valence-corrected chi connectivity index (χ3v) is 9.24. The molecular formula is C37H31N3. The molecule has 0 radical (unpaired) electrons. The highest BCUT2D eigenvalue weighted by Gasteiger charge is 2.42. The van der Waals surface area contributed by atoms with Gasteiger partial charge in [-0.1, -0.05) is 72.9 Å². The summed E-state index contributed by atoms with van der Waals surface area (Å²) in [5, 5.41) is 9.99. The van der Waals surface area contributed by atoms with Crippen molar-refractivity contribution in [2.24, 2.45) is 0 Å². The molecule has 194 valence electrons. The molecule has 0 saturated carbocycles. The number of benzene rings is 2. The van der Waals surface area contributed by atoms with E-state index in [2.05, 4.69) is 101 Å². The van der Waals surface area contributed by atoms with E-state index in [9.17, 15) is 5.26 Å². The highest BCUT2D eigenvalue weighted by molar-refractivity contribution is 5.92. The Hall–Kier alpha value is -4.55. The van der Waals surface area contributed by atoms with Crippen LogP contribution in [0.25, 0.3) is 29.0 Å². The summed E-state index contributed by atoms with van der Waals surface area (Å²) in [4.78, 5) is 2.74. The Balaban J connectivity index is 1.33. The second-order valence-electron chi connectivity index (χ2n) is 11.3. The summed E-state index contributed by atoms with van der Waals surface area (Å²) >= 11 is 0. The Bertz CT molecular complexity index is 1780. The SMILES string of the molecule is N#Cc1ccccc1-n1c2c(c3c1C=CC[C@H]3N1c3cc(C4=CC=CCC4)ccc3C3=CC=CCC31)CCC=C2. The topological polar surface area (TPSA) is 32.0 Å². The van der Waals surface area contributed by atoms with Crippen LogP contribution in [0, 0.1) is 11.3 Å². The molecule has 0 bridgehead atoms. The number of aromatic nitrogens is 1. The molecule has 4 aliphatic carbocycles. The van der Waals surface area contributed by atoms with Gasteiger partial charge >= 0.3 is 0 Å². The van der Waals surface area contributed by atoms with Crippen LogP contribution in [0.1, 0.15) is 77.4 Å². The van der Waals surface area contributed by atoms with Crippen molar-refractivity contribution in [2.45, 2.75) is 50.6 Å². The van der Waals surface area contributed by atoms with Crippen molar-refractivity contribution in [2.75, 3.05) is 4.90 Å². The molecule has 3 aromatic rings. The van der Waals surface area contributed by atoms with Crippen LogP contribution in [0.2, 0.25) is 0 Å². The first kappa shape index (κ1) is 23.3. The summed E-state index contributed by atoms with van der Waals surface area (Å²) in [7, 11) is 0. The van der Waals surface area contributed by atoms with Crippen LogP contribution in [0.4, 0.5) is 5.69 Å². The standard InChI is InChI=1S/C37H31N3/c38-24-27-13-4-7-16-31(27)39-33-18-9-6-15-30(33)37-34(39)19-10-20-35(37)40-32-17-8-5-14-28(32)29-22-21-26(23-36(29)40)25-11-2-1-3-12-25/h1-2,4-5,7-11,13-14,16,18-19,21-23,32,35H,3,6,12,15,17,20H2/t32?,35-/m1/s1. The quantitative estimate of drug-likeness (QED) is 0.348. The second kappa shape index (κ2) is 9.28. The number of hydrogen-bond acceptors (Lipinski definition) is 2. The molecule has 8 rings (SSSR count). The van der Waals surface area contributed by atoms with Gasteiger partial charge < -0.3 is 9.47 Å². The summed E-state index contributed by atoms with van der Waals surface area (Å²) in [6, 6.07) is 18.2. The Kier molecular flexibility index (Phi) is 5.42. The summed E-state index contributed by atoms with van der Waals surface area (Å²) in [5.41, 5.74) is 14.0. The van der Waals surface area contributed by atoms with E-state index in [0.717, 1.165) is 44.2 Å². The van der Waals surface area contributed by atoms with Gasteiger partial charge in [-0.2, -0.15) is 5.26 Å². The Morgan fingerprint density at radius 1 is 0.775 bits per heavy atom. The molecule has 5 aliphatic rings. The zero-order valence-electron chi connectivity index (χ0n) is 22.6. The lowest BCUT2D eigenvalue weighted by Crippen LogP contribution is -2.36. The average molecular weight is 518 g/mol. The molecule has 0 saturated heterocycles. The van der Waals surface area contributed by atoms with E-state index in [0.29, 0.717) is 11.6 Å². The molecule has 40 heavy (non-hydrogen) atoms. The molecular weight excluding hydrogens is 486 g/mol. The van der Waals surface area contributed by atoms with Crippen LogP contribution in [0.15, 0.2) is 91.1 Å². The fourth-order valence-corrected chi connectivity index (χ4v) is 7.51. The van der Waals surface area contributed by atoms with Crippen molar-refractivity contribution in [1.82, 2.24) is 4.57 Å². The molecule has 2 heterocycles. The first-order valence-electron chi connectivity index (χ1n) is 14.6. The summed E-state index contributed by atoms with van der Waals surface area (Å²) in [5.74, 6) is 0. The largest absolute Gasteiger partial charge is 0.356 e. The molecule has 0 fully saturated rings. The molecule has 3 heteroatoms. The van der Waals surface area contributed by atoms with Gasteiger partial charge in [0.15, 0.2) is 0 Å². The van der Waals surface area contributed by atoms with Crippen LogP contribution in [0.5, 0.6) is 0 Å². The number of fused-ring (bicyclic) bond motifs is 6. The zero-order chi connectivity index (χ0) is 26.6. The maximum absolute atomic E-state index is 9.99. The van der Waals surface area contributed by atoms with Gasteiger partial charge in [0.1, 0.15) is 6.07 Å². The number of nitrogens with zero attached hydrogens (tertiary/aromatic N) is 3. The fourth-order valence-electron chi connectivity index (χ4n) is 7.51. The molecule has 1 aromatic heterocycles. The van der Waals surface area contributed by atoms with E-state index in [1.165, 1.54) is 50.5 Å².